The Morgan fingerprint density at radius 3 is 2.54 bits per heavy atom. The molecule has 0 spiro atoms. The highest BCUT2D eigenvalue weighted by molar-refractivity contribution is 6.33. The van der Waals surface area contributed by atoms with Crippen molar-refractivity contribution in [2.45, 2.75) is 19.6 Å². The number of nitrogens with zero attached hydrogens (tertiary/aromatic N) is 1. The van der Waals surface area contributed by atoms with E-state index in [-0.39, 0.29) is 24.5 Å². The van der Waals surface area contributed by atoms with Gasteiger partial charge in [-0.2, -0.15) is 0 Å². The highest BCUT2D eigenvalue weighted by Gasteiger charge is 2.21. The van der Waals surface area contributed by atoms with Crippen LogP contribution in [-0.2, 0) is 6.54 Å². The van der Waals surface area contributed by atoms with Crippen molar-refractivity contribution in [2.75, 3.05) is 6.61 Å². The van der Waals surface area contributed by atoms with E-state index in [2.05, 4.69) is 0 Å². The van der Waals surface area contributed by atoms with Gasteiger partial charge in [0, 0.05) is 16.8 Å². The fourth-order valence-corrected chi connectivity index (χ4v) is 3.26. The van der Waals surface area contributed by atoms with Crippen molar-refractivity contribution in [3.8, 4) is 17.0 Å². The van der Waals surface area contributed by atoms with E-state index in [1.54, 1.807) is 29.7 Å². The second-order valence-corrected chi connectivity index (χ2v) is 6.78. The van der Waals surface area contributed by atoms with Crippen molar-refractivity contribution in [3.63, 3.8) is 0 Å². The summed E-state index contributed by atoms with van der Waals surface area (Å²) in [7, 11) is 0. The van der Waals surface area contributed by atoms with Crippen molar-refractivity contribution in [3.05, 3.63) is 76.7 Å². The molecule has 146 valence electrons. The molecule has 0 unspecified atom stereocenters. The Morgan fingerprint density at radius 1 is 1.21 bits per heavy atom. The summed E-state index contributed by atoms with van der Waals surface area (Å²) in [6.45, 7) is 1.78. The van der Waals surface area contributed by atoms with E-state index in [1.807, 2.05) is 6.07 Å². The molecule has 0 aliphatic heterocycles. The molecule has 0 aliphatic rings. The van der Waals surface area contributed by atoms with Crippen molar-refractivity contribution < 1.29 is 24.1 Å². The SMILES string of the molecule is Cc1c(C(=O)O)cn(C[C@@H](O)COc2ccc(F)cc2)c1-c1ccccc1Cl. The van der Waals surface area contributed by atoms with Crippen LogP contribution in [0.1, 0.15) is 15.9 Å². The molecule has 0 saturated carbocycles. The maximum Gasteiger partial charge on any atom is 0.337 e. The molecule has 3 aromatic rings. The number of aromatic carboxylic acids is 1. The van der Waals surface area contributed by atoms with E-state index in [0.29, 0.717) is 27.6 Å². The molecule has 0 aliphatic carbocycles. The third-order valence-corrected chi connectivity index (χ3v) is 4.68. The number of ether oxygens (including phenoxy) is 1. The predicted molar refractivity (Wildman–Crippen MR) is 104 cm³/mol. The van der Waals surface area contributed by atoms with Crippen molar-refractivity contribution in [1.82, 2.24) is 4.57 Å². The van der Waals surface area contributed by atoms with E-state index < -0.39 is 12.1 Å². The summed E-state index contributed by atoms with van der Waals surface area (Å²) >= 11 is 6.30. The highest BCUT2D eigenvalue weighted by atomic mass is 35.5. The zero-order valence-corrected chi connectivity index (χ0v) is 15.9. The minimum Gasteiger partial charge on any atom is -0.491 e. The van der Waals surface area contributed by atoms with Gasteiger partial charge in [0.2, 0.25) is 0 Å². The number of rotatable bonds is 7. The quantitative estimate of drug-likeness (QED) is 0.613. The van der Waals surface area contributed by atoms with Crippen molar-refractivity contribution in [1.29, 1.82) is 0 Å². The molecule has 0 amide bonds. The Bertz CT molecular complexity index is 985. The molecule has 0 bridgehead atoms. The summed E-state index contributed by atoms with van der Waals surface area (Å²) in [5.74, 6) is -0.996. The van der Waals surface area contributed by atoms with Gasteiger partial charge in [0.1, 0.15) is 24.3 Å². The third kappa shape index (κ3) is 4.35. The van der Waals surface area contributed by atoms with E-state index in [4.69, 9.17) is 16.3 Å². The Morgan fingerprint density at radius 2 is 1.89 bits per heavy atom. The van der Waals surface area contributed by atoms with Crippen LogP contribution in [0.15, 0.2) is 54.7 Å². The first-order chi connectivity index (χ1) is 13.4. The van der Waals surface area contributed by atoms with E-state index in [9.17, 15) is 19.4 Å². The van der Waals surface area contributed by atoms with Crippen LogP contribution in [0.2, 0.25) is 5.02 Å². The average molecular weight is 404 g/mol. The summed E-state index contributed by atoms with van der Waals surface area (Å²) in [5, 5.41) is 20.3. The zero-order chi connectivity index (χ0) is 20.3. The van der Waals surface area contributed by atoms with Crippen LogP contribution in [-0.4, -0.2) is 33.5 Å². The second kappa shape index (κ2) is 8.46. The van der Waals surface area contributed by atoms with Gasteiger partial charge in [-0.25, -0.2) is 9.18 Å². The van der Waals surface area contributed by atoms with Crippen LogP contribution in [0.4, 0.5) is 4.39 Å². The Balaban J connectivity index is 1.84. The average Bonchev–Trinajstić information content (AvgIpc) is 2.98. The summed E-state index contributed by atoms with van der Waals surface area (Å²) in [4.78, 5) is 11.6. The first-order valence-corrected chi connectivity index (χ1v) is 8.99. The lowest BCUT2D eigenvalue weighted by Crippen LogP contribution is -2.23. The molecule has 0 saturated heterocycles. The normalized spacial score (nSPS) is 12.0. The molecule has 5 nitrogen and oxygen atoms in total. The fourth-order valence-electron chi connectivity index (χ4n) is 3.03. The van der Waals surface area contributed by atoms with E-state index in [1.165, 1.54) is 30.5 Å². The predicted octanol–water partition coefficient (Wildman–Crippen LogP) is 4.39. The van der Waals surface area contributed by atoms with Crippen LogP contribution < -0.4 is 4.74 Å². The number of carboxylic acids is 1. The molecule has 2 aromatic carbocycles. The zero-order valence-electron chi connectivity index (χ0n) is 15.1. The second-order valence-electron chi connectivity index (χ2n) is 6.37. The number of hydrogen-bond donors (Lipinski definition) is 2. The van der Waals surface area contributed by atoms with Gasteiger partial charge < -0.3 is 19.5 Å². The molecule has 2 N–H and O–H groups in total. The van der Waals surface area contributed by atoms with Gasteiger partial charge in [-0.1, -0.05) is 29.8 Å². The largest absolute Gasteiger partial charge is 0.491 e. The molecule has 3 rings (SSSR count). The Hall–Kier alpha value is -2.83. The molecule has 1 atom stereocenters. The number of aliphatic hydroxyl groups excluding tert-OH is 1. The minimum atomic E-state index is -1.05. The van der Waals surface area contributed by atoms with Gasteiger partial charge >= 0.3 is 5.97 Å². The third-order valence-electron chi connectivity index (χ3n) is 4.35. The number of carbonyl (C=O) groups is 1. The standard InChI is InChI=1S/C21H19ClFNO4/c1-13-18(21(26)27)11-24(20(13)17-4-2-3-5-19(17)22)10-15(25)12-28-16-8-6-14(23)7-9-16/h2-9,11,15,25H,10,12H2,1H3,(H,26,27)/t15-/m1/s1. The maximum atomic E-state index is 12.9. The molecule has 0 radical (unpaired) electrons. The van der Waals surface area contributed by atoms with Crippen LogP contribution in [0, 0.1) is 12.7 Å². The van der Waals surface area contributed by atoms with Crippen LogP contribution in [0.5, 0.6) is 5.75 Å². The summed E-state index contributed by atoms with van der Waals surface area (Å²) in [6.07, 6.45) is 0.567. The molecule has 7 heteroatoms. The first kappa shape index (κ1) is 19.9. The Kier molecular flexibility index (Phi) is 6.02. The summed E-state index contributed by atoms with van der Waals surface area (Å²) in [5.41, 5.74) is 2.01. The van der Waals surface area contributed by atoms with Crippen LogP contribution in [0.25, 0.3) is 11.3 Å². The number of halogens is 2. The van der Waals surface area contributed by atoms with Gasteiger partial charge in [-0.3, -0.25) is 0 Å². The topological polar surface area (TPSA) is 71.7 Å². The molecular formula is C21H19ClFNO4. The van der Waals surface area contributed by atoms with E-state index in [0.717, 1.165) is 0 Å². The first-order valence-electron chi connectivity index (χ1n) is 8.61. The van der Waals surface area contributed by atoms with E-state index >= 15 is 0 Å². The van der Waals surface area contributed by atoms with Crippen LogP contribution in [0.3, 0.4) is 0 Å². The Labute approximate surface area is 166 Å². The number of carboxylic acid groups (broad SMARTS) is 1. The maximum absolute atomic E-state index is 12.9. The monoisotopic (exact) mass is 403 g/mol. The lowest BCUT2D eigenvalue weighted by Gasteiger charge is -2.17. The van der Waals surface area contributed by atoms with Gasteiger partial charge in [-0.15, -0.1) is 0 Å². The van der Waals surface area contributed by atoms with Gasteiger partial charge in [0.05, 0.1) is 17.8 Å². The number of benzene rings is 2. The number of aromatic nitrogens is 1. The number of aliphatic hydroxyl groups is 1. The smallest absolute Gasteiger partial charge is 0.337 e. The minimum absolute atomic E-state index is 0.0345. The molecule has 1 heterocycles. The number of hydrogen-bond acceptors (Lipinski definition) is 3. The van der Waals surface area contributed by atoms with Crippen LogP contribution >= 0.6 is 11.6 Å². The van der Waals surface area contributed by atoms with Gasteiger partial charge in [0.25, 0.3) is 0 Å². The van der Waals surface area contributed by atoms with Crippen molar-refractivity contribution >= 4 is 17.6 Å². The summed E-state index contributed by atoms with van der Waals surface area (Å²) in [6, 6.07) is 12.6. The fraction of sp³-hybridized carbons (Fsp3) is 0.190. The lowest BCUT2D eigenvalue weighted by atomic mass is 10.1. The highest BCUT2D eigenvalue weighted by Crippen LogP contribution is 2.33. The van der Waals surface area contributed by atoms with Gasteiger partial charge in [0.15, 0.2) is 0 Å². The molecule has 0 fully saturated rings. The molecule has 28 heavy (non-hydrogen) atoms. The molecular weight excluding hydrogens is 385 g/mol. The van der Waals surface area contributed by atoms with Gasteiger partial charge in [-0.05, 0) is 42.8 Å². The molecule has 1 aromatic heterocycles. The lowest BCUT2D eigenvalue weighted by molar-refractivity contribution is 0.0695. The summed E-state index contributed by atoms with van der Waals surface area (Å²) < 4.78 is 20.1. The van der Waals surface area contributed by atoms with Crippen molar-refractivity contribution in [2.24, 2.45) is 0 Å².